The van der Waals surface area contributed by atoms with Gasteiger partial charge in [0, 0.05) is 35.2 Å². The SMILES string of the molecule is O=C(Cc1cccs1)NC1C(=O)N2C(C(=O)O)=C(NC(=O)C3C(=O)[N+]4=CCCS[C@@H]34)CS[C@@H]12.O=C(O)c1cccnc1. The van der Waals surface area contributed by atoms with Crippen molar-refractivity contribution in [1.29, 1.82) is 0 Å². The summed E-state index contributed by atoms with van der Waals surface area (Å²) >= 11 is 4.21. The number of carbonyl (C=O) groups excluding carboxylic acids is 4. The zero-order valence-electron chi connectivity index (χ0n) is 21.7. The topological polar surface area (TPSA) is 186 Å². The molecule has 0 aromatic carbocycles. The number of hydrogen-bond donors (Lipinski definition) is 4. The molecule has 0 radical (unpaired) electrons. The molecule has 13 nitrogen and oxygen atoms in total. The smallest absolute Gasteiger partial charge is 0.408 e. The molecular weight excluding hydrogens is 607 g/mol. The van der Waals surface area contributed by atoms with Gasteiger partial charge in [-0.05, 0) is 23.6 Å². The van der Waals surface area contributed by atoms with Gasteiger partial charge in [-0.1, -0.05) is 17.8 Å². The molecule has 6 rings (SSSR count). The Bertz CT molecular complexity index is 1510. The number of nitrogens with zero attached hydrogens (tertiary/aromatic N) is 3. The van der Waals surface area contributed by atoms with Gasteiger partial charge in [-0.25, -0.2) is 14.4 Å². The van der Waals surface area contributed by atoms with Gasteiger partial charge in [-0.3, -0.25) is 24.3 Å². The number of hydrogen-bond acceptors (Lipinski definition) is 10. The first-order valence-electron chi connectivity index (χ1n) is 12.6. The molecule has 16 heteroatoms. The van der Waals surface area contributed by atoms with Gasteiger partial charge in [0.25, 0.3) is 5.91 Å². The summed E-state index contributed by atoms with van der Waals surface area (Å²) in [7, 11) is 0. The van der Waals surface area contributed by atoms with Crippen LogP contribution in [0.3, 0.4) is 0 Å². The van der Waals surface area contributed by atoms with Crippen molar-refractivity contribution in [2.45, 2.75) is 29.6 Å². The molecule has 2 saturated heterocycles. The molecule has 218 valence electrons. The van der Waals surface area contributed by atoms with Gasteiger partial charge < -0.3 is 20.8 Å². The summed E-state index contributed by atoms with van der Waals surface area (Å²) in [6.07, 6.45) is 5.52. The van der Waals surface area contributed by atoms with Crippen molar-refractivity contribution in [2.24, 2.45) is 5.92 Å². The van der Waals surface area contributed by atoms with E-state index in [2.05, 4.69) is 15.6 Å². The Morgan fingerprint density at radius 2 is 1.90 bits per heavy atom. The molecule has 4 aliphatic rings. The van der Waals surface area contributed by atoms with E-state index >= 15 is 0 Å². The Morgan fingerprint density at radius 1 is 1.10 bits per heavy atom. The quantitative estimate of drug-likeness (QED) is 0.191. The molecule has 4 N–H and O–H groups in total. The lowest BCUT2D eigenvalue weighted by atomic mass is 9.98. The van der Waals surface area contributed by atoms with E-state index in [1.165, 1.54) is 53.3 Å². The zero-order chi connectivity index (χ0) is 30.0. The number of fused-ring (bicyclic) bond motifs is 2. The van der Waals surface area contributed by atoms with E-state index in [0.717, 1.165) is 22.0 Å². The van der Waals surface area contributed by atoms with Gasteiger partial charge in [0.05, 0.1) is 17.7 Å². The molecule has 2 unspecified atom stereocenters. The maximum Gasteiger partial charge on any atom is 0.408 e. The maximum atomic E-state index is 12.8. The van der Waals surface area contributed by atoms with E-state index in [-0.39, 0.29) is 46.3 Å². The molecule has 0 aliphatic carbocycles. The summed E-state index contributed by atoms with van der Waals surface area (Å²) in [5.74, 6) is -3.97. The lowest BCUT2D eigenvalue weighted by Crippen LogP contribution is -2.71. The maximum absolute atomic E-state index is 12.8. The number of pyridine rings is 1. The van der Waals surface area contributed by atoms with Crippen molar-refractivity contribution in [1.82, 2.24) is 20.5 Å². The van der Waals surface area contributed by atoms with Crippen LogP contribution in [-0.4, -0.2) is 94.7 Å². The molecule has 4 atom stereocenters. The van der Waals surface area contributed by atoms with Crippen LogP contribution < -0.4 is 10.6 Å². The van der Waals surface area contributed by atoms with Gasteiger partial charge in [0.1, 0.15) is 11.4 Å². The van der Waals surface area contributed by atoms with Crippen molar-refractivity contribution in [3.8, 4) is 0 Å². The molecule has 6 heterocycles. The summed E-state index contributed by atoms with van der Waals surface area (Å²) in [6.45, 7) is 0. The number of nitrogens with one attached hydrogen (secondary N) is 2. The van der Waals surface area contributed by atoms with E-state index in [1.807, 2.05) is 17.5 Å². The van der Waals surface area contributed by atoms with Crippen molar-refractivity contribution < 1.29 is 43.6 Å². The van der Waals surface area contributed by atoms with Crippen LogP contribution in [0.4, 0.5) is 0 Å². The second-order valence-corrected chi connectivity index (χ2v) is 12.7. The van der Waals surface area contributed by atoms with Crippen LogP contribution in [-0.2, 0) is 30.4 Å². The summed E-state index contributed by atoms with van der Waals surface area (Å²) in [6, 6.07) is 5.91. The number of carboxylic acid groups (broad SMARTS) is 2. The summed E-state index contributed by atoms with van der Waals surface area (Å²) in [4.78, 5) is 77.9. The lowest BCUT2D eigenvalue weighted by molar-refractivity contribution is -0.513. The van der Waals surface area contributed by atoms with Crippen LogP contribution in [0, 0.1) is 5.92 Å². The number of aromatic carboxylic acids is 1. The van der Waals surface area contributed by atoms with Gasteiger partial charge in [-0.15, -0.1) is 23.1 Å². The van der Waals surface area contributed by atoms with E-state index < -0.39 is 41.1 Å². The van der Waals surface area contributed by atoms with Gasteiger partial charge >= 0.3 is 17.8 Å². The Labute approximate surface area is 251 Å². The number of thioether (sulfide) groups is 2. The highest BCUT2D eigenvalue weighted by Gasteiger charge is 2.60. The molecule has 2 aromatic rings. The molecule has 4 amide bonds. The third-order valence-corrected chi connectivity index (χ3v) is 10.1. The molecule has 2 fully saturated rings. The number of aliphatic carboxylic acids is 1. The molecule has 42 heavy (non-hydrogen) atoms. The Morgan fingerprint density at radius 3 is 2.55 bits per heavy atom. The van der Waals surface area contributed by atoms with Gasteiger partial charge in [0.2, 0.25) is 23.1 Å². The van der Waals surface area contributed by atoms with Crippen molar-refractivity contribution in [3.63, 3.8) is 0 Å². The first kappa shape index (κ1) is 29.5. The normalized spacial score (nSPS) is 24.0. The van der Waals surface area contributed by atoms with Crippen LogP contribution in [0.25, 0.3) is 0 Å². The summed E-state index contributed by atoms with van der Waals surface area (Å²) in [5.41, 5.74) is -0.00801. The number of amides is 4. The minimum atomic E-state index is -1.35. The van der Waals surface area contributed by atoms with Crippen LogP contribution in [0.5, 0.6) is 0 Å². The minimum Gasteiger partial charge on any atom is -0.478 e. The van der Waals surface area contributed by atoms with Gasteiger partial charge in [0.15, 0.2) is 11.9 Å². The predicted octanol–water partition coefficient (Wildman–Crippen LogP) is 0.585. The number of carbonyl (C=O) groups is 6. The second kappa shape index (κ2) is 12.5. The third kappa shape index (κ3) is 5.82. The van der Waals surface area contributed by atoms with E-state index in [0.29, 0.717) is 0 Å². The molecule has 2 aromatic heterocycles. The van der Waals surface area contributed by atoms with Crippen LogP contribution >= 0.6 is 34.9 Å². The fourth-order valence-electron chi connectivity index (χ4n) is 4.71. The largest absolute Gasteiger partial charge is 0.478 e. The number of carboxylic acids is 2. The lowest BCUT2D eigenvalue weighted by Gasteiger charge is -2.49. The Hall–Kier alpha value is -4.02. The van der Waals surface area contributed by atoms with Gasteiger partial charge in [-0.2, -0.15) is 4.58 Å². The summed E-state index contributed by atoms with van der Waals surface area (Å²) in [5, 5.41) is 24.4. The number of rotatable bonds is 7. The fourth-order valence-corrected chi connectivity index (χ4v) is 7.96. The third-order valence-electron chi connectivity index (χ3n) is 6.68. The average Bonchev–Trinajstić information content (AvgIpc) is 3.49. The van der Waals surface area contributed by atoms with Crippen molar-refractivity contribution in [2.75, 3.05) is 11.5 Å². The van der Waals surface area contributed by atoms with E-state index in [4.69, 9.17) is 5.11 Å². The van der Waals surface area contributed by atoms with Crippen molar-refractivity contribution >= 4 is 76.6 Å². The first-order valence-corrected chi connectivity index (χ1v) is 15.6. The molecule has 4 aliphatic heterocycles. The standard InChI is InChI=1S/C20H18N4O6S3.C6H5NO2/c25-11(7-9-3-1-5-31-9)22-13-17(28)24-14(20(29)30)10(8-33-19(13)24)21-15(26)12-16(27)23-4-2-6-32-18(12)23;8-6(9)5-2-1-3-7-4-5/h1,3-5,12-13,18-19H,2,6-8H2,(H2-,21,22,25,26,29,30);1-4H,(H,8,9)/p+1/t12?,13?,18-,19-;/m0./s1. The first-order chi connectivity index (χ1) is 20.2. The Kier molecular flexibility index (Phi) is 8.74. The van der Waals surface area contributed by atoms with Crippen LogP contribution in [0.15, 0.2) is 53.4 Å². The van der Waals surface area contributed by atoms with E-state index in [1.54, 1.807) is 16.9 Å². The second-order valence-electron chi connectivity index (χ2n) is 9.34. The molecule has 0 spiro atoms. The Balaban J connectivity index is 0.000000336. The highest BCUT2D eigenvalue weighted by Crippen LogP contribution is 2.40. The number of aromatic nitrogens is 1. The van der Waals surface area contributed by atoms with Crippen molar-refractivity contribution in [3.05, 3.63) is 63.9 Å². The molecular formula is C26H24N5O8S3+. The molecule has 0 saturated carbocycles. The number of β-lactam (4-membered cyclic amide) rings is 2. The zero-order valence-corrected chi connectivity index (χ0v) is 24.1. The average molecular weight is 631 g/mol. The van der Waals surface area contributed by atoms with Crippen LogP contribution in [0.2, 0.25) is 0 Å². The monoisotopic (exact) mass is 630 g/mol. The highest BCUT2D eigenvalue weighted by atomic mass is 32.2. The summed E-state index contributed by atoms with van der Waals surface area (Å²) < 4.78 is 1.54. The minimum absolute atomic E-state index is 0.0847. The fraction of sp³-hybridized carbons (Fsp3) is 0.308. The molecule has 0 bridgehead atoms. The van der Waals surface area contributed by atoms with Crippen LogP contribution in [0.1, 0.15) is 21.7 Å². The number of thiophene rings is 1. The predicted molar refractivity (Wildman–Crippen MR) is 153 cm³/mol. The van der Waals surface area contributed by atoms with E-state index in [9.17, 15) is 33.9 Å². The highest BCUT2D eigenvalue weighted by molar-refractivity contribution is 8.00.